The van der Waals surface area contributed by atoms with E-state index < -0.39 is 5.82 Å². The van der Waals surface area contributed by atoms with Gasteiger partial charge < -0.3 is 4.74 Å². The Morgan fingerprint density at radius 3 is 3.00 bits per heavy atom. The molecule has 0 unspecified atom stereocenters. The fourth-order valence-corrected chi connectivity index (χ4v) is 0.684. The van der Waals surface area contributed by atoms with Crippen LogP contribution in [0.3, 0.4) is 0 Å². The van der Waals surface area contributed by atoms with Gasteiger partial charge in [-0.25, -0.2) is 4.98 Å². The van der Waals surface area contributed by atoms with E-state index in [1.807, 2.05) is 0 Å². The molecule has 0 spiro atoms. The number of hydrogen-bond acceptors (Lipinski definition) is 2. The van der Waals surface area contributed by atoms with Crippen LogP contribution < -0.4 is 4.74 Å². The van der Waals surface area contributed by atoms with Gasteiger partial charge in [0.15, 0.2) is 17.3 Å². The van der Waals surface area contributed by atoms with Crippen LogP contribution in [0.2, 0.25) is 0 Å². The van der Waals surface area contributed by atoms with Crippen molar-refractivity contribution in [2.75, 3.05) is 7.11 Å². The lowest BCUT2D eigenvalue weighted by Gasteiger charge is -2.00. The Bertz CT molecular complexity index is 303. The summed E-state index contributed by atoms with van der Waals surface area (Å²) in [6.07, 6.45) is 6.37. The summed E-state index contributed by atoms with van der Waals surface area (Å²) >= 11 is 0. The number of ether oxygens (including phenoxy) is 1. The second-order valence-corrected chi connectivity index (χ2v) is 1.82. The third-order valence-corrected chi connectivity index (χ3v) is 1.21. The molecule has 0 saturated heterocycles. The molecule has 0 aliphatic carbocycles. The first-order valence-electron chi connectivity index (χ1n) is 2.94. The first kappa shape index (κ1) is 7.55. The van der Waals surface area contributed by atoms with Gasteiger partial charge in [0.2, 0.25) is 0 Å². The lowest BCUT2D eigenvalue weighted by Crippen LogP contribution is -1.93. The largest absolute Gasteiger partial charge is 0.494 e. The molecule has 0 fully saturated rings. The predicted octanol–water partition coefficient (Wildman–Crippen LogP) is 1.21. The highest BCUT2D eigenvalue weighted by Gasteiger charge is 2.06. The summed E-state index contributed by atoms with van der Waals surface area (Å²) in [5, 5.41) is 0. The Morgan fingerprint density at radius 2 is 2.45 bits per heavy atom. The van der Waals surface area contributed by atoms with E-state index in [0.717, 1.165) is 0 Å². The van der Waals surface area contributed by atoms with Gasteiger partial charge in [-0.05, 0) is 5.92 Å². The van der Waals surface area contributed by atoms with Crippen molar-refractivity contribution >= 4 is 0 Å². The molecule has 0 radical (unpaired) electrons. The number of nitrogens with zero attached hydrogens (tertiary/aromatic N) is 1. The molecule has 0 saturated carbocycles. The fraction of sp³-hybridized carbons (Fsp3) is 0.125. The van der Waals surface area contributed by atoms with Gasteiger partial charge >= 0.3 is 0 Å². The summed E-state index contributed by atoms with van der Waals surface area (Å²) in [6, 6.07) is 1.41. The van der Waals surface area contributed by atoms with Crippen LogP contribution in [0.4, 0.5) is 4.39 Å². The zero-order valence-electron chi connectivity index (χ0n) is 5.97. The van der Waals surface area contributed by atoms with E-state index >= 15 is 0 Å². The lowest BCUT2D eigenvalue weighted by molar-refractivity contribution is 0.384. The zero-order chi connectivity index (χ0) is 8.27. The van der Waals surface area contributed by atoms with Gasteiger partial charge in [-0.3, -0.25) is 0 Å². The maximum Gasteiger partial charge on any atom is 0.199 e. The van der Waals surface area contributed by atoms with E-state index in [4.69, 9.17) is 6.42 Å². The number of aromatic nitrogens is 1. The molecule has 0 atom stereocenters. The van der Waals surface area contributed by atoms with Gasteiger partial charge in [0.1, 0.15) is 0 Å². The Balaban J connectivity index is 3.23. The van der Waals surface area contributed by atoms with Crippen LogP contribution in [0.5, 0.6) is 5.75 Å². The van der Waals surface area contributed by atoms with Crippen molar-refractivity contribution in [1.29, 1.82) is 0 Å². The van der Waals surface area contributed by atoms with Crippen molar-refractivity contribution in [3.8, 4) is 18.1 Å². The minimum atomic E-state index is -0.586. The minimum absolute atomic E-state index is 0.0237. The van der Waals surface area contributed by atoms with Crippen LogP contribution >= 0.6 is 0 Å². The molecule has 0 aliphatic rings. The van der Waals surface area contributed by atoms with Crippen molar-refractivity contribution in [3.63, 3.8) is 0 Å². The van der Waals surface area contributed by atoms with Crippen LogP contribution in [0.25, 0.3) is 0 Å². The second kappa shape index (κ2) is 3.02. The topological polar surface area (TPSA) is 22.1 Å². The van der Waals surface area contributed by atoms with Crippen molar-refractivity contribution < 1.29 is 9.13 Å². The molecule has 56 valence electrons. The van der Waals surface area contributed by atoms with Crippen molar-refractivity contribution in [1.82, 2.24) is 4.98 Å². The zero-order valence-corrected chi connectivity index (χ0v) is 5.97. The van der Waals surface area contributed by atoms with Gasteiger partial charge in [0.25, 0.3) is 0 Å². The summed E-state index contributed by atoms with van der Waals surface area (Å²) in [6.45, 7) is 0. The summed E-state index contributed by atoms with van der Waals surface area (Å²) < 4.78 is 17.6. The number of methoxy groups -OCH3 is 1. The number of hydrogen-bond donors (Lipinski definition) is 0. The molecule has 3 heteroatoms. The average molecular weight is 151 g/mol. The molecule has 1 aromatic rings. The highest BCUT2D eigenvalue weighted by atomic mass is 19.1. The first-order valence-corrected chi connectivity index (χ1v) is 2.94. The first-order chi connectivity index (χ1) is 5.29. The van der Waals surface area contributed by atoms with Crippen LogP contribution in [0.1, 0.15) is 5.69 Å². The standard InChI is InChI=1S/C8H6FNO/c1-3-6-8(9)7(11-2)4-5-10-6/h1,4-5H,2H3. The van der Waals surface area contributed by atoms with E-state index in [-0.39, 0.29) is 11.4 Å². The number of pyridine rings is 1. The number of halogens is 1. The molecule has 0 bridgehead atoms. The summed E-state index contributed by atoms with van der Waals surface area (Å²) in [5.41, 5.74) is -0.0237. The monoisotopic (exact) mass is 151 g/mol. The van der Waals surface area contributed by atoms with Crippen molar-refractivity contribution in [2.24, 2.45) is 0 Å². The SMILES string of the molecule is C#Cc1nccc(OC)c1F. The van der Waals surface area contributed by atoms with E-state index in [0.29, 0.717) is 0 Å². The summed E-state index contributed by atoms with van der Waals surface area (Å²) in [7, 11) is 1.37. The van der Waals surface area contributed by atoms with Crippen molar-refractivity contribution in [2.45, 2.75) is 0 Å². The number of terminal acetylenes is 1. The average Bonchev–Trinajstić information content (AvgIpc) is 2.05. The number of rotatable bonds is 1. The molecule has 1 rings (SSSR count). The maximum absolute atomic E-state index is 12.9. The molecule has 0 aromatic carbocycles. The molecule has 0 aliphatic heterocycles. The molecule has 0 N–H and O–H groups in total. The van der Waals surface area contributed by atoms with Crippen molar-refractivity contribution in [3.05, 3.63) is 23.8 Å². The van der Waals surface area contributed by atoms with Gasteiger partial charge in [0.05, 0.1) is 7.11 Å². The van der Waals surface area contributed by atoms with Gasteiger partial charge in [-0.2, -0.15) is 4.39 Å². The summed E-state index contributed by atoms with van der Waals surface area (Å²) in [5.74, 6) is 1.64. The molecule has 11 heavy (non-hydrogen) atoms. The third-order valence-electron chi connectivity index (χ3n) is 1.21. The van der Waals surface area contributed by atoms with Gasteiger partial charge in [-0.15, -0.1) is 6.42 Å². The van der Waals surface area contributed by atoms with E-state index in [1.165, 1.54) is 19.4 Å². The molecule has 2 nitrogen and oxygen atoms in total. The predicted molar refractivity (Wildman–Crippen MR) is 38.7 cm³/mol. The Labute approximate surface area is 64.0 Å². The lowest BCUT2D eigenvalue weighted by atomic mass is 10.3. The third kappa shape index (κ3) is 1.30. The Morgan fingerprint density at radius 1 is 1.73 bits per heavy atom. The fourth-order valence-electron chi connectivity index (χ4n) is 0.684. The maximum atomic E-state index is 12.9. The van der Waals surface area contributed by atoms with Gasteiger partial charge in [0, 0.05) is 12.3 Å². The quantitative estimate of drug-likeness (QED) is 0.563. The summed E-state index contributed by atoms with van der Waals surface area (Å²) in [4.78, 5) is 3.61. The van der Waals surface area contributed by atoms with E-state index in [2.05, 4.69) is 15.6 Å². The minimum Gasteiger partial charge on any atom is -0.494 e. The van der Waals surface area contributed by atoms with Crippen LogP contribution in [-0.2, 0) is 0 Å². The molecule has 1 aromatic heterocycles. The second-order valence-electron chi connectivity index (χ2n) is 1.82. The Hall–Kier alpha value is -1.56. The van der Waals surface area contributed by atoms with E-state index in [1.54, 1.807) is 0 Å². The molecule has 1 heterocycles. The van der Waals surface area contributed by atoms with Crippen LogP contribution in [-0.4, -0.2) is 12.1 Å². The molecular weight excluding hydrogens is 145 g/mol. The highest BCUT2D eigenvalue weighted by molar-refractivity contribution is 5.34. The van der Waals surface area contributed by atoms with Crippen LogP contribution in [0, 0.1) is 18.2 Å². The molecule has 0 amide bonds. The molecular formula is C8H6FNO. The van der Waals surface area contributed by atoms with Gasteiger partial charge in [-0.1, -0.05) is 0 Å². The smallest absolute Gasteiger partial charge is 0.199 e. The Kier molecular flexibility index (Phi) is 2.07. The van der Waals surface area contributed by atoms with E-state index in [9.17, 15) is 4.39 Å². The normalized spacial score (nSPS) is 8.82. The van der Waals surface area contributed by atoms with Crippen LogP contribution in [0.15, 0.2) is 12.3 Å². The highest BCUT2D eigenvalue weighted by Crippen LogP contribution is 2.16.